The van der Waals surface area contributed by atoms with Gasteiger partial charge in [0.25, 0.3) is 0 Å². The third kappa shape index (κ3) is 2.82. The van der Waals surface area contributed by atoms with Crippen LogP contribution in [-0.4, -0.2) is 52.3 Å². The van der Waals surface area contributed by atoms with Gasteiger partial charge >= 0.3 is 0 Å². The van der Waals surface area contributed by atoms with Gasteiger partial charge in [-0.25, -0.2) is 14.4 Å². The summed E-state index contributed by atoms with van der Waals surface area (Å²) in [7, 11) is 0. The molecule has 1 spiro atoms. The summed E-state index contributed by atoms with van der Waals surface area (Å²) in [4.78, 5) is 20.1. The Labute approximate surface area is 156 Å². The number of hydrogen-bond acceptors (Lipinski definition) is 6. The van der Waals surface area contributed by atoms with Gasteiger partial charge in [0.2, 0.25) is 0 Å². The lowest BCUT2D eigenvalue weighted by atomic mass is 9.76. The third-order valence-electron chi connectivity index (χ3n) is 5.94. The summed E-state index contributed by atoms with van der Waals surface area (Å²) in [6, 6.07) is 5.77. The van der Waals surface area contributed by atoms with Crippen molar-refractivity contribution in [2.24, 2.45) is 5.41 Å². The van der Waals surface area contributed by atoms with E-state index in [1.54, 1.807) is 24.8 Å². The molecule has 1 atom stereocenters. The summed E-state index contributed by atoms with van der Waals surface area (Å²) in [5.74, 6) is 1.57. The molecular weight excluding hydrogens is 343 g/mol. The molecule has 0 bridgehead atoms. The maximum atomic E-state index is 14.4. The van der Waals surface area contributed by atoms with Crippen LogP contribution in [0.5, 0.6) is 0 Å². The molecule has 7 heteroatoms. The SMILES string of the molecule is FC1CNCC12CCN(c1nc(-c3ccncc3)nc3cnccc13)CC2. The normalized spacial score (nSPS) is 21.8. The largest absolute Gasteiger partial charge is 0.356 e. The molecule has 3 aromatic rings. The number of nitrogens with zero attached hydrogens (tertiary/aromatic N) is 5. The maximum Gasteiger partial charge on any atom is 0.162 e. The molecule has 6 nitrogen and oxygen atoms in total. The number of aromatic nitrogens is 4. The van der Waals surface area contributed by atoms with Gasteiger partial charge in [-0.3, -0.25) is 9.97 Å². The van der Waals surface area contributed by atoms with E-state index in [1.807, 2.05) is 18.2 Å². The molecule has 0 amide bonds. The van der Waals surface area contributed by atoms with Gasteiger partial charge in [0.05, 0.1) is 11.7 Å². The van der Waals surface area contributed by atoms with Gasteiger partial charge in [0.15, 0.2) is 5.82 Å². The standard InChI is InChI=1S/C20H21FN6/c21-17-12-24-13-20(17)4-9-27(10-5-20)19-15-3-8-23-11-16(15)25-18(26-19)14-1-6-22-7-2-14/h1-3,6-8,11,17,24H,4-5,9-10,12-13H2. The molecule has 2 saturated heterocycles. The van der Waals surface area contributed by atoms with Crippen LogP contribution in [0, 0.1) is 5.41 Å². The van der Waals surface area contributed by atoms with Crippen molar-refractivity contribution in [2.45, 2.75) is 19.0 Å². The monoisotopic (exact) mass is 364 g/mol. The van der Waals surface area contributed by atoms with Crippen molar-refractivity contribution in [1.29, 1.82) is 0 Å². The zero-order chi connectivity index (χ0) is 18.3. The van der Waals surface area contributed by atoms with E-state index in [0.29, 0.717) is 12.4 Å². The molecule has 1 N–H and O–H groups in total. The summed E-state index contributed by atoms with van der Waals surface area (Å²) in [6.07, 6.45) is 7.94. The molecule has 5 heterocycles. The van der Waals surface area contributed by atoms with E-state index in [0.717, 1.165) is 54.8 Å². The number of halogens is 1. The molecule has 27 heavy (non-hydrogen) atoms. The smallest absolute Gasteiger partial charge is 0.162 e. The summed E-state index contributed by atoms with van der Waals surface area (Å²) in [5.41, 5.74) is 1.53. The Morgan fingerprint density at radius 2 is 1.81 bits per heavy atom. The second-order valence-electron chi connectivity index (χ2n) is 7.45. The number of nitrogens with one attached hydrogen (secondary N) is 1. The number of anilines is 1. The average Bonchev–Trinajstić information content (AvgIpc) is 3.08. The summed E-state index contributed by atoms with van der Waals surface area (Å²) >= 11 is 0. The predicted molar refractivity (Wildman–Crippen MR) is 102 cm³/mol. The topological polar surface area (TPSA) is 66.8 Å². The predicted octanol–water partition coefficient (Wildman–Crippen LogP) is 2.61. The first-order chi connectivity index (χ1) is 13.3. The zero-order valence-electron chi connectivity index (χ0n) is 15.0. The number of alkyl halides is 1. The third-order valence-corrected chi connectivity index (χ3v) is 5.94. The van der Waals surface area contributed by atoms with Crippen molar-refractivity contribution in [2.75, 3.05) is 31.1 Å². The van der Waals surface area contributed by atoms with Gasteiger partial charge in [-0.2, -0.15) is 0 Å². The number of rotatable bonds is 2. The van der Waals surface area contributed by atoms with Crippen LogP contribution < -0.4 is 10.2 Å². The van der Waals surface area contributed by atoms with Crippen molar-refractivity contribution in [3.05, 3.63) is 43.0 Å². The highest BCUT2D eigenvalue weighted by atomic mass is 19.1. The first-order valence-corrected chi connectivity index (χ1v) is 9.37. The fraction of sp³-hybridized carbons (Fsp3) is 0.400. The van der Waals surface area contributed by atoms with Gasteiger partial charge < -0.3 is 10.2 Å². The molecule has 2 aliphatic rings. The molecule has 0 saturated carbocycles. The van der Waals surface area contributed by atoms with Crippen LogP contribution in [0.1, 0.15) is 12.8 Å². The second kappa shape index (κ2) is 6.49. The fourth-order valence-electron chi connectivity index (χ4n) is 4.26. The molecule has 1 unspecified atom stereocenters. The highest BCUT2D eigenvalue weighted by molar-refractivity contribution is 5.90. The quantitative estimate of drug-likeness (QED) is 0.754. The average molecular weight is 364 g/mol. The lowest BCUT2D eigenvalue weighted by Gasteiger charge is -2.40. The Morgan fingerprint density at radius 1 is 1.04 bits per heavy atom. The fourth-order valence-corrected chi connectivity index (χ4v) is 4.26. The van der Waals surface area contributed by atoms with Gasteiger partial charge in [-0.1, -0.05) is 0 Å². The van der Waals surface area contributed by atoms with Crippen LogP contribution in [0.2, 0.25) is 0 Å². The minimum absolute atomic E-state index is 0.213. The number of hydrogen-bond donors (Lipinski definition) is 1. The van der Waals surface area contributed by atoms with Crippen LogP contribution in [0.25, 0.3) is 22.3 Å². The van der Waals surface area contributed by atoms with Crippen molar-refractivity contribution in [1.82, 2.24) is 25.3 Å². The van der Waals surface area contributed by atoms with E-state index < -0.39 is 6.17 Å². The Kier molecular flexibility index (Phi) is 3.97. The highest BCUT2D eigenvalue weighted by Crippen LogP contribution is 2.40. The summed E-state index contributed by atoms with van der Waals surface area (Å²) in [6.45, 7) is 2.85. The number of piperidine rings is 1. The van der Waals surface area contributed by atoms with Crippen molar-refractivity contribution < 1.29 is 4.39 Å². The number of pyridine rings is 2. The molecule has 3 aromatic heterocycles. The van der Waals surface area contributed by atoms with E-state index in [2.05, 4.69) is 25.2 Å². The van der Waals surface area contributed by atoms with Gasteiger partial charge in [-0.05, 0) is 31.0 Å². The second-order valence-corrected chi connectivity index (χ2v) is 7.45. The molecule has 0 aliphatic carbocycles. The van der Waals surface area contributed by atoms with Crippen LogP contribution >= 0.6 is 0 Å². The van der Waals surface area contributed by atoms with Crippen LogP contribution in [0.4, 0.5) is 10.2 Å². The lowest BCUT2D eigenvalue weighted by Crippen LogP contribution is -2.45. The molecule has 5 rings (SSSR count). The highest BCUT2D eigenvalue weighted by Gasteiger charge is 2.45. The van der Waals surface area contributed by atoms with E-state index in [9.17, 15) is 4.39 Å². The van der Waals surface area contributed by atoms with Crippen molar-refractivity contribution in [3.63, 3.8) is 0 Å². The van der Waals surface area contributed by atoms with E-state index >= 15 is 0 Å². The van der Waals surface area contributed by atoms with Gasteiger partial charge in [0, 0.05) is 61.1 Å². The molecule has 2 aliphatic heterocycles. The molecule has 0 aromatic carbocycles. The van der Waals surface area contributed by atoms with Crippen LogP contribution in [-0.2, 0) is 0 Å². The molecule has 2 fully saturated rings. The van der Waals surface area contributed by atoms with Gasteiger partial charge in [-0.15, -0.1) is 0 Å². The maximum absolute atomic E-state index is 14.4. The molecular formula is C20H21FN6. The van der Waals surface area contributed by atoms with E-state index in [1.165, 1.54) is 0 Å². The molecule has 0 radical (unpaired) electrons. The lowest BCUT2D eigenvalue weighted by molar-refractivity contribution is 0.126. The Bertz CT molecular complexity index is 955. The summed E-state index contributed by atoms with van der Waals surface area (Å²) in [5, 5.41) is 4.20. The summed E-state index contributed by atoms with van der Waals surface area (Å²) < 4.78 is 14.4. The van der Waals surface area contributed by atoms with Crippen LogP contribution in [0.3, 0.4) is 0 Å². The minimum atomic E-state index is -0.752. The first-order valence-electron chi connectivity index (χ1n) is 9.37. The number of fused-ring (bicyclic) bond motifs is 1. The van der Waals surface area contributed by atoms with E-state index in [-0.39, 0.29) is 5.41 Å². The van der Waals surface area contributed by atoms with Crippen molar-refractivity contribution >= 4 is 16.7 Å². The Hall–Kier alpha value is -2.67. The Balaban J connectivity index is 1.53. The van der Waals surface area contributed by atoms with E-state index in [4.69, 9.17) is 4.98 Å². The van der Waals surface area contributed by atoms with Crippen molar-refractivity contribution in [3.8, 4) is 11.4 Å². The Morgan fingerprint density at radius 3 is 2.56 bits per heavy atom. The molecule has 138 valence electrons. The van der Waals surface area contributed by atoms with Gasteiger partial charge in [0.1, 0.15) is 12.0 Å². The minimum Gasteiger partial charge on any atom is -0.356 e. The first kappa shape index (κ1) is 16.5. The zero-order valence-corrected chi connectivity index (χ0v) is 15.0. The van der Waals surface area contributed by atoms with Crippen LogP contribution in [0.15, 0.2) is 43.0 Å².